The van der Waals surface area contributed by atoms with E-state index < -0.39 is 0 Å². The lowest BCUT2D eigenvalue weighted by atomic mass is 10.0. The second-order valence-corrected chi connectivity index (χ2v) is 5.51. The standard InChI is InChI=1S/C18H19ClN2/c1-2-3-18(15-6-8-16(19)9-7-15)21-17-10-4-14(5-11-17)12-13-20/h4-11,18,21H,2-3,12H2,1H3. The Morgan fingerprint density at radius 2 is 1.76 bits per heavy atom. The summed E-state index contributed by atoms with van der Waals surface area (Å²) in [5.41, 5.74) is 3.36. The van der Waals surface area contributed by atoms with Gasteiger partial charge in [-0.1, -0.05) is 49.2 Å². The molecule has 1 atom stereocenters. The number of nitrogens with zero attached hydrogens (tertiary/aromatic N) is 1. The minimum absolute atomic E-state index is 0.272. The van der Waals surface area contributed by atoms with Crippen LogP contribution in [0.3, 0.4) is 0 Å². The average molecular weight is 299 g/mol. The Morgan fingerprint density at radius 1 is 1.10 bits per heavy atom. The number of nitrogens with one attached hydrogen (secondary N) is 1. The van der Waals surface area contributed by atoms with Crippen molar-refractivity contribution in [1.82, 2.24) is 0 Å². The Hall–Kier alpha value is -1.98. The second kappa shape index (κ2) is 7.71. The summed E-state index contributed by atoms with van der Waals surface area (Å²) in [5, 5.41) is 13.0. The molecule has 0 spiro atoms. The molecule has 0 saturated heterocycles. The lowest BCUT2D eigenvalue weighted by Crippen LogP contribution is -2.10. The van der Waals surface area contributed by atoms with Crippen molar-refractivity contribution in [3.63, 3.8) is 0 Å². The van der Waals surface area contributed by atoms with E-state index in [2.05, 4.69) is 30.4 Å². The molecule has 2 aromatic rings. The van der Waals surface area contributed by atoms with Crippen LogP contribution in [0.2, 0.25) is 5.02 Å². The summed E-state index contributed by atoms with van der Waals surface area (Å²) < 4.78 is 0. The van der Waals surface area contributed by atoms with Gasteiger partial charge in [-0.3, -0.25) is 0 Å². The number of benzene rings is 2. The van der Waals surface area contributed by atoms with Gasteiger partial charge in [0.05, 0.1) is 18.5 Å². The van der Waals surface area contributed by atoms with E-state index in [9.17, 15) is 0 Å². The highest BCUT2D eigenvalue weighted by molar-refractivity contribution is 6.30. The molecule has 0 heterocycles. The molecular weight excluding hydrogens is 280 g/mol. The molecule has 2 aromatic carbocycles. The van der Waals surface area contributed by atoms with Gasteiger partial charge in [0, 0.05) is 10.7 Å². The van der Waals surface area contributed by atoms with E-state index in [0.29, 0.717) is 6.42 Å². The number of hydrogen-bond donors (Lipinski definition) is 1. The third kappa shape index (κ3) is 4.51. The highest BCUT2D eigenvalue weighted by Gasteiger charge is 2.10. The first-order valence-corrected chi connectivity index (χ1v) is 7.58. The molecule has 0 fully saturated rings. The van der Waals surface area contributed by atoms with Gasteiger partial charge < -0.3 is 5.32 Å². The van der Waals surface area contributed by atoms with Crippen LogP contribution >= 0.6 is 11.6 Å². The smallest absolute Gasteiger partial charge is 0.0669 e. The van der Waals surface area contributed by atoms with Gasteiger partial charge in [-0.2, -0.15) is 5.26 Å². The van der Waals surface area contributed by atoms with E-state index in [1.807, 2.05) is 36.4 Å². The molecular formula is C18H19ClN2. The van der Waals surface area contributed by atoms with Crippen molar-refractivity contribution in [3.8, 4) is 6.07 Å². The molecule has 0 saturated carbocycles. The Kier molecular flexibility index (Phi) is 5.66. The lowest BCUT2D eigenvalue weighted by molar-refractivity contribution is 0.677. The van der Waals surface area contributed by atoms with Gasteiger partial charge in [-0.05, 0) is 41.8 Å². The fraction of sp³-hybridized carbons (Fsp3) is 0.278. The SMILES string of the molecule is CCCC(Nc1ccc(CC#N)cc1)c1ccc(Cl)cc1. The summed E-state index contributed by atoms with van der Waals surface area (Å²) in [7, 11) is 0. The van der Waals surface area contributed by atoms with Crippen molar-refractivity contribution in [1.29, 1.82) is 5.26 Å². The number of anilines is 1. The zero-order chi connectivity index (χ0) is 15.1. The molecule has 0 radical (unpaired) electrons. The average Bonchev–Trinajstić information content (AvgIpc) is 2.50. The number of halogens is 1. The van der Waals surface area contributed by atoms with Crippen LogP contribution in [0.25, 0.3) is 0 Å². The van der Waals surface area contributed by atoms with Crippen LogP contribution in [0.4, 0.5) is 5.69 Å². The maximum absolute atomic E-state index is 8.70. The Balaban J connectivity index is 2.12. The topological polar surface area (TPSA) is 35.8 Å². The molecule has 0 amide bonds. The first-order valence-electron chi connectivity index (χ1n) is 7.21. The van der Waals surface area contributed by atoms with Gasteiger partial charge in [0.15, 0.2) is 0 Å². The Morgan fingerprint density at radius 3 is 2.33 bits per heavy atom. The molecule has 2 rings (SSSR count). The zero-order valence-corrected chi connectivity index (χ0v) is 12.9. The van der Waals surface area contributed by atoms with Crippen LogP contribution in [0, 0.1) is 11.3 Å². The molecule has 0 aromatic heterocycles. The number of nitriles is 1. The summed E-state index contributed by atoms with van der Waals surface area (Å²) in [6.45, 7) is 2.18. The van der Waals surface area contributed by atoms with Crippen molar-refractivity contribution in [3.05, 3.63) is 64.7 Å². The van der Waals surface area contributed by atoms with Crippen LogP contribution in [-0.2, 0) is 6.42 Å². The Bertz CT molecular complexity index is 597. The maximum Gasteiger partial charge on any atom is 0.0669 e. The van der Waals surface area contributed by atoms with E-state index >= 15 is 0 Å². The van der Waals surface area contributed by atoms with Crippen LogP contribution in [0.5, 0.6) is 0 Å². The number of hydrogen-bond acceptors (Lipinski definition) is 2. The van der Waals surface area contributed by atoms with Gasteiger partial charge in [-0.25, -0.2) is 0 Å². The van der Waals surface area contributed by atoms with Gasteiger partial charge in [0.25, 0.3) is 0 Å². The first kappa shape index (κ1) is 15.4. The maximum atomic E-state index is 8.70. The van der Waals surface area contributed by atoms with Crippen molar-refractivity contribution in [2.24, 2.45) is 0 Å². The molecule has 1 unspecified atom stereocenters. The quantitative estimate of drug-likeness (QED) is 0.779. The Labute approximate surface area is 131 Å². The molecule has 108 valence electrons. The summed E-state index contributed by atoms with van der Waals surface area (Å²) in [4.78, 5) is 0. The summed E-state index contributed by atoms with van der Waals surface area (Å²) >= 11 is 5.95. The minimum atomic E-state index is 0.272. The predicted octanol–water partition coefficient (Wildman–Crippen LogP) is 5.36. The monoisotopic (exact) mass is 298 g/mol. The van der Waals surface area contributed by atoms with Gasteiger partial charge in [-0.15, -0.1) is 0 Å². The fourth-order valence-corrected chi connectivity index (χ4v) is 2.44. The van der Waals surface area contributed by atoms with E-state index in [1.54, 1.807) is 0 Å². The zero-order valence-electron chi connectivity index (χ0n) is 12.1. The third-order valence-corrected chi connectivity index (χ3v) is 3.68. The second-order valence-electron chi connectivity index (χ2n) is 5.07. The number of rotatable bonds is 6. The van der Waals surface area contributed by atoms with Crippen molar-refractivity contribution < 1.29 is 0 Å². The van der Waals surface area contributed by atoms with Gasteiger partial charge >= 0.3 is 0 Å². The normalized spacial score (nSPS) is 11.7. The highest BCUT2D eigenvalue weighted by Crippen LogP contribution is 2.25. The van der Waals surface area contributed by atoms with Crippen molar-refractivity contribution in [2.75, 3.05) is 5.32 Å². The van der Waals surface area contributed by atoms with Gasteiger partial charge in [0.2, 0.25) is 0 Å². The van der Waals surface area contributed by atoms with Gasteiger partial charge in [0.1, 0.15) is 0 Å². The molecule has 21 heavy (non-hydrogen) atoms. The fourth-order valence-electron chi connectivity index (χ4n) is 2.32. The first-order chi connectivity index (χ1) is 10.2. The van der Waals surface area contributed by atoms with Crippen LogP contribution < -0.4 is 5.32 Å². The summed E-state index contributed by atoms with van der Waals surface area (Å²) in [6.07, 6.45) is 2.62. The molecule has 1 N–H and O–H groups in total. The van der Waals surface area contributed by atoms with E-state index in [4.69, 9.17) is 16.9 Å². The molecule has 3 heteroatoms. The summed E-state index contributed by atoms with van der Waals surface area (Å²) in [5.74, 6) is 0. The highest BCUT2D eigenvalue weighted by atomic mass is 35.5. The van der Waals surface area contributed by atoms with E-state index in [0.717, 1.165) is 29.1 Å². The molecule has 0 bridgehead atoms. The lowest BCUT2D eigenvalue weighted by Gasteiger charge is -2.20. The van der Waals surface area contributed by atoms with Crippen LogP contribution in [-0.4, -0.2) is 0 Å². The minimum Gasteiger partial charge on any atom is -0.378 e. The predicted molar refractivity (Wildman–Crippen MR) is 88.5 cm³/mol. The summed E-state index contributed by atoms with van der Waals surface area (Å²) in [6, 6.07) is 18.5. The molecule has 2 nitrogen and oxygen atoms in total. The van der Waals surface area contributed by atoms with Crippen LogP contribution in [0.15, 0.2) is 48.5 Å². The van der Waals surface area contributed by atoms with E-state index in [1.165, 1.54) is 5.56 Å². The van der Waals surface area contributed by atoms with Crippen molar-refractivity contribution >= 4 is 17.3 Å². The molecule has 0 aliphatic carbocycles. The van der Waals surface area contributed by atoms with Crippen LogP contribution in [0.1, 0.15) is 36.9 Å². The largest absolute Gasteiger partial charge is 0.378 e. The van der Waals surface area contributed by atoms with E-state index in [-0.39, 0.29) is 6.04 Å². The molecule has 0 aliphatic rings. The molecule has 0 aliphatic heterocycles. The van der Waals surface area contributed by atoms with Crippen molar-refractivity contribution in [2.45, 2.75) is 32.2 Å². The third-order valence-electron chi connectivity index (χ3n) is 3.43.